The van der Waals surface area contributed by atoms with Crippen LogP contribution in [-0.4, -0.2) is 36.0 Å². The lowest BCUT2D eigenvalue weighted by molar-refractivity contribution is -0.165. The molecule has 0 rings (SSSR count). The average Bonchev–Trinajstić information content (AvgIpc) is 2.52. The number of hydrogen-bond acceptors (Lipinski definition) is 4. The van der Waals surface area contributed by atoms with Gasteiger partial charge in [0.25, 0.3) is 0 Å². The van der Waals surface area contributed by atoms with Gasteiger partial charge >= 0.3 is 5.97 Å². The van der Waals surface area contributed by atoms with Crippen molar-refractivity contribution >= 4 is 5.97 Å². The van der Waals surface area contributed by atoms with E-state index in [-0.39, 0.29) is 31.2 Å². The second-order valence-corrected chi connectivity index (χ2v) is 6.67. The molecule has 0 aliphatic rings. The van der Waals surface area contributed by atoms with Gasteiger partial charge in [0.2, 0.25) is 0 Å². The van der Waals surface area contributed by atoms with Crippen LogP contribution in [0.15, 0.2) is 0 Å². The number of esters is 1. The lowest BCUT2D eigenvalue weighted by Crippen LogP contribution is -2.40. The molecule has 0 atom stereocenters. The van der Waals surface area contributed by atoms with Gasteiger partial charge in [-0.15, -0.1) is 0 Å². The van der Waals surface area contributed by atoms with Gasteiger partial charge in [0.1, 0.15) is 0 Å². The van der Waals surface area contributed by atoms with E-state index < -0.39 is 5.41 Å². The largest absolute Gasteiger partial charge is 0.465 e. The molecule has 0 spiro atoms. The normalized spacial score (nSPS) is 12.5. The zero-order valence-corrected chi connectivity index (χ0v) is 15.0. The number of carbonyl (C=O) groups excluding carboxylic acids is 1. The summed E-state index contributed by atoms with van der Waals surface area (Å²) in [5, 5.41) is 19.5. The molecule has 0 radical (unpaired) electrons. The van der Waals surface area contributed by atoms with E-state index in [1.807, 2.05) is 13.8 Å². The third kappa shape index (κ3) is 5.88. The van der Waals surface area contributed by atoms with Gasteiger partial charge in [-0.25, -0.2) is 0 Å². The second-order valence-electron chi connectivity index (χ2n) is 6.67. The third-order valence-corrected chi connectivity index (χ3v) is 4.60. The molecule has 0 bridgehead atoms. The van der Waals surface area contributed by atoms with Crippen LogP contribution in [0.1, 0.15) is 79.1 Å². The first kappa shape index (κ1) is 21.4. The Kier molecular flexibility index (Phi) is 10.7. The summed E-state index contributed by atoms with van der Waals surface area (Å²) in [6.45, 7) is 8.30. The number of carbonyl (C=O) groups is 1. The Morgan fingerprint density at radius 3 is 1.59 bits per heavy atom. The van der Waals surface area contributed by atoms with Crippen LogP contribution in [0, 0.1) is 10.8 Å². The van der Waals surface area contributed by atoms with E-state index in [4.69, 9.17) is 4.74 Å². The first-order chi connectivity index (χ1) is 10.5. The number of aliphatic hydroxyl groups is 2. The van der Waals surface area contributed by atoms with Crippen LogP contribution in [0.2, 0.25) is 0 Å². The number of aliphatic hydroxyl groups excluding tert-OH is 2. The Morgan fingerprint density at radius 2 is 1.27 bits per heavy atom. The Hall–Kier alpha value is -0.610. The van der Waals surface area contributed by atoms with Crippen molar-refractivity contribution in [2.24, 2.45) is 10.8 Å². The van der Waals surface area contributed by atoms with Crippen molar-refractivity contribution in [2.45, 2.75) is 79.1 Å². The summed E-state index contributed by atoms with van der Waals surface area (Å²) in [5.74, 6) is -0.302. The molecule has 0 saturated carbocycles. The minimum atomic E-state index is -0.775. The van der Waals surface area contributed by atoms with Crippen LogP contribution in [-0.2, 0) is 9.53 Å². The molecular weight excluding hydrogens is 280 g/mol. The molecule has 0 heterocycles. The van der Waals surface area contributed by atoms with Crippen molar-refractivity contribution in [1.82, 2.24) is 0 Å². The van der Waals surface area contributed by atoms with Crippen molar-refractivity contribution in [3.63, 3.8) is 0 Å². The van der Waals surface area contributed by atoms with Gasteiger partial charge in [0, 0.05) is 5.41 Å². The summed E-state index contributed by atoms with van der Waals surface area (Å²) < 4.78 is 5.61. The van der Waals surface area contributed by atoms with E-state index in [1.165, 1.54) is 0 Å². The molecule has 0 aliphatic carbocycles. The van der Waals surface area contributed by atoms with Gasteiger partial charge in [-0.1, -0.05) is 53.4 Å². The summed E-state index contributed by atoms with van der Waals surface area (Å²) in [6.07, 6.45) is 6.56. The Labute approximate surface area is 136 Å². The molecule has 0 saturated heterocycles. The van der Waals surface area contributed by atoms with E-state index in [2.05, 4.69) is 13.8 Å². The number of rotatable bonds is 13. The smallest absolute Gasteiger partial charge is 0.314 e. The predicted octanol–water partition coefficient (Wildman–Crippen LogP) is 3.69. The fraction of sp³-hybridized carbons (Fsp3) is 0.944. The highest BCUT2D eigenvalue weighted by Gasteiger charge is 2.39. The summed E-state index contributed by atoms with van der Waals surface area (Å²) in [7, 11) is 0. The van der Waals surface area contributed by atoms with E-state index in [9.17, 15) is 15.0 Å². The predicted molar refractivity (Wildman–Crippen MR) is 89.6 cm³/mol. The molecule has 22 heavy (non-hydrogen) atoms. The van der Waals surface area contributed by atoms with E-state index >= 15 is 0 Å². The van der Waals surface area contributed by atoms with Gasteiger partial charge in [0.05, 0.1) is 25.2 Å². The van der Waals surface area contributed by atoms with Crippen LogP contribution < -0.4 is 0 Å². The molecular formula is C18H36O4. The first-order valence-electron chi connectivity index (χ1n) is 8.88. The molecule has 2 N–H and O–H groups in total. The van der Waals surface area contributed by atoms with Crippen LogP contribution in [0.5, 0.6) is 0 Å². The molecule has 0 aromatic rings. The number of ether oxygens (including phenoxy) is 1. The van der Waals surface area contributed by atoms with Crippen LogP contribution in [0.25, 0.3) is 0 Å². The van der Waals surface area contributed by atoms with E-state index in [0.29, 0.717) is 12.8 Å². The molecule has 0 fully saturated rings. The lowest BCUT2D eigenvalue weighted by Gasteiger charge is -2.34. The van der Waals surface area contributed by atoms with Crippen molar-refractivity contribution in [3.05, 3.63) is 0 Å². The number of hydrogen-bond donors (Lipinski definition) is 2. The maximum absolute atomic E-state index is 12.6. The zero-order chi connectivity index (χ0) is 17.1. The average molecular weight is 316 g/mol. The van der Waals surface area contributed by atoms with Gasteiger partial charge in [0.15, 0.2) is 0 Å². The molecule has 0 unspecified atom stereocenters. The lowest BCUT2D eigenvalue weighted by atomic mass is 9.79. The van der Waals surface area contributed by atoms with Crippen molar-refractivity contribution in [1.29, 1.82) is 0 Å². The highest BCUT2D eigenvalue weighted by atomic mass is 16.5. The molecule has 0 aromatic carbocycles. The molecule has 0 aliphatic heterocycles. The second kappa shape index (κ2) is 11.0. The van der Waals surface area contributed by atoms with Crippen molar-refractivity contribution < 1.29 is 19.7 Å². The van der Waals surface area contributed by atoms with Crippen molar-refractivity contribution in [3.8, 4) is 0 Å². The third-order valence-electron chi connectivity index (χ3n) is 4.60. The monoisotopic (exact) mass is 316 g/mol. The van der Waals surface area contributed by atoms with Gasteiger partial charge in [-0.05, 0) is 25.7 Å². The van der Waals surface area contributed by atoms with Crippen LogP contribution in [0.3, 0.4) is 0 Å². The van der Waals surface area contributed by atoms with Gasteiger partial charge in [-0.3, -0.25) is 4.79 Å². The van der Waals surface area contributed by atoms with Gasteiger partial charge < -0.3 is 14.9 Å². The maximum atomic E-state index is 12.6. The zero-order valence-electron chi connectivity index (χ0n) is 15.0. The first-order valence-corrected chi connectivity index (χ1v) is 8.88. The minimum Gasteiger partial charge on any atom is -0.465 e. The molecule has 0 amide bonds. The quantitative estimate of drug-likeness (QED) is 0.509. The van der Waals surface area contributed by atoms with Gasteiger partial charge in [-0.2, -0.15) is 0 Å². The van der Waals surface area contributed by atoms with E-state index in [1.54, 1.807) is 0 Å². The van der Waals surface area contributed by atoms with Crippen LogP contribution in [0.4, 0.5) is 0 Å². The highest BCUT2D eigenvalue weighted by Crippen LogP contribution is 2.34. The van der Waals surface area contributed by atoms with E-state index in [0.717, 1.165) is 38.5 Å². The Balaban J connectivity index is 4.96. The fourth-order valence-corrected chi connectivity index (χ4v) is 3.41. The highest BCUT2D eigenvalue weighted by molar-refractivity contribution is 5.77. The topological polar surface area (TPSA) is 66.8 Å². The molecule has 4 nitrogen and oxygen atoms in total. The minimum absolute atomic E-state index is 0.0373. The molecule has 0 aromatic heterocycles. The maximum Gasteiger partial charge on any atom is 0.314 e. The molecule has 132 valence electrons. The summed E-state index contributed by atoms with van der Waals surface area (Å²) in [5.41, 5.74) is -1.11. The molecule has 4 heteroatoms. The van der Waals surface area contributed by atoms with Crippen LogP contribution >= 0.6 is 0 Å². The Morgan fingerprint density at radius 1 is 0.818 bits per heavy atom. The standard InChI is InChI=1S/C18H36O4/c1-5-9-17(13-19,10-6-2)15-22-16(21)18(14-20,11-7-3)12-8-4/h19-20H,5-15H2,1-4H3. The fourth-order valence-electron chi connectivity index (χ4n) is 3.41. The summed E-state index contributed by atoms with van der Waals surface area (Å²) >= 11 is 0. The SMILES string of the molecule is CCCC(CO)(CCC)COC(=O)C(CO)(CCC)CCC. The summed E-state index contributed by atoms with van der Waals surface area (Å²) in [4.78, 5) is 12.6. The Bertz CT molecular complexity index is 289. The van der Waals surface area contributed by atoms with Crippen molar-refractivity contribution in [2.75, 3.05) is 19.8 Å². The summed E-state index contributed by atoms with van der Waals surface area (Å²) in [6, 6.07) is 0.